The van der Waals surface area contributed by atoms with Crippen LogP contribution in [0.2, 0.25) is 0 Å². The van der Waals surface area contributed by atoms with Crippen LogP contribution >= 0.6 is 11.3 Å². The average molecular weight is 325 g/mol. The number of nitrogens with zero attached hydrogens (tertiary/aromatic N) is 1. The fourth-order valence-electron chi connectivity index (χ4n) is 1.93. The van der Waals surface area contributed by atoms with Gasteiger partial charge in [-0.2, -0.15) is 0 Å². The molecule has 0 aliphatic rings. The Morgan fingerprint density at radius 1 is 1.24 bits per heavy atom. The lowest BCUT2D eigenvalue weighted by Crippen LogP contribution is -2.33. The molecular weight excluding hydrogens is 310 g/mol. The van der Waals surface area contributed by atoms with Gasteiger partial charge < -0.3 is 5.11 Å². The maximum Gasteiger partial charge on any atom is 0.305 e. The van der Waals surface area contributed by atoms with Crippen molar-refractivity contribution in [2.75, 3.05) is 10.8 Å². The van der Waals surface area contributed by atoms with Gasteiger partial charge in [-0.3, -0.25) is 9.10 Å². The number of aryl methyl sites for hydroxylation is 1. The summed E-state index contributed by atoms with van der Waals surface area (Å²) >= 11 is 1.12. The van der Waals surface area contributed by atoms with Crippen molar-refractivity contribution in [3.05, 3.63) is 47.3 Å². The van der Waals surface area contributed by atoms with Gasteiger partial charge in [0.05, 0.1) is 12.1 Å². The summed E-state index contributed by atoms with van der Waals surface area (Å²) in [7, 11) is -3.74. The average Bonchev–Trinajstić information content (AvgIpc) is 2.95. The fraction of sp³-hybridized carbons (Fsp3) is 0.214. The molecule has 0 saturated carbocycles. The summed E-state index contributed by atoms with van der Waals surface area (Å²) in [5, 5.41) is 10.5. The minimum absolute atomic E-state index is 0.0968. The standard InChI is InChI=1S/C14H15NO4S2/c1-11-5-2-3-6-12(11)15(9-8-13(16)17)21(18,19)14-7-4-10-20-14/h2-7,10H,8-9H2,1H3,(H,16,17). The lowest BCUT2D eigenvalue weighted by Gasteiger charge is -2.24. The third kappa shape index (κ3) is 3.43. The number of para-hydroxylation sites is 1. The number of aliphatic carboxylic acids is 1. The van der Waals surface area contributed by atoms with Gasteiger partial charge in [0.1, 0.15) is 4.21 Å². The molecule has 5 nitrogen and oxygen atoms in total. The minimum atomic E-state index is -3.74. The van der Waals surface area contributed by atoms with Crippen LogP contribution in [0, 0.1) is 6.92 Å². The third-order valence-electron chi connectivity index (χ3n) is 2.95. The van der Waals surface area contributed by atoms with E-state index in [1.165, 1.54) is 10.4 Å². The second-order valence-electron chi connectivity index (χ2n) is 4.44. The molecule has 0 unspecified atom stereocenters. The molecule has 1 aromatic carbocycles. The third-order valence-corrected chi connectivity index (χ3v) is 6.14. The van der Waals surface area contributed by atoms with E-state index in [9.17, 15) is 13.2 Å². The van der Waals surface area contributed by atoms with E-state index >= 15 is 0 Å². The molecule has 0 aliphatic heterocycles. The Morgan fingerprint density at radius 3 is 2.52 bits per heavy atom. The molecule has 2 rings (SSSR count). The number of hydrogen-bond donors (Lipinski definition) is 1. The van der Waals surface area contributed by atoms with Crippen LogP contribution in [0.25, 0.3) is 0 Å². The highest BCUT2D eigenvalue weighted by Gasteiger charge is 2.27. The van der Waals surface area contributed by atoms with Gasteiger partial charge in [-0.05, 0) is 30.0 Å². The van der Waals surface area contributed by atoms with Crippen LogP contribution < -0.4 is 4.31 Å². The van der Waals surface area contributed by atoms with Crippen molar-refractivity contribution < 1.29 is 18.3 Å². The van der Waals surface area contributed by atoms with Gasteiger partial charge in [0.15, 0.2) is 0 Å². The van der Waals surface area contributed by atoms with Gasteiger partial charge in [0.2, 0.25) is 0 Å². The fourth-order valence-corrected chi connectivity index (χ4v) is 4.56. The molecule has 0 radical (unpaired) electrons. The molecule has 0 fully saturated rings. The number of carboxylic acid groups (broad SMARTS) is 1. The Labute approximate surface area is 127 Å². The van der Waals surface area contributed by atoms with E-state index < -0.39 is 16.0 Å². The zero-order valence-electron chi connectivity index (χ0n) is 11.4. The van der Waals surface area contributed by atoms with E-state index in [2.05, 4.69) is 0 Å². The van der Waals surface area contributed by atoms with Gasteiger partial charge in [-0.1, -0.05) is 24.3 Å². The molecule has 21 heavy (non-hydrogen) atoms. The monoisotopic (exact) mass is 325 g/mol. The number of benzene rings is 1. The second-order valence-corrected chi connectivity index (χ2v) is 7.48. The van der Waals surface area contributed by atoms with Crippen LogP contribution in [0.5, 0.6) is 0 Å². The number of hydrogen-bond acceptors (Lipinski definition) is 4. The topological polar surface area (TPSA) is 74.7 Å². The maximum atomic E-state index is 12.7. The first-order chi connectivity index (χ1) is 9.93. The number of rotatable bonds is 6. The van der Waals surface area contributed by atoms with Gasteiger partial charge >= 0.3 is 5.97 Å². The summed E-state index contributed by atoms with van der Waals surface area (Å²) in [4.78, 5) is 10.8. The number of anilines is 1. The van der Waals surface area contributed by atoms with Gasteiger partial charge in [0.25, 0.3) is 10.0 Å². The lowest BCUT2D eigenvalue weighted by atomic mass is 10.2. The van der Waals surface area contributed by atoms with Crippen molar-refractivity contribution in [1.29, 1.82) is 0 Å². The maximum absolute atomic E-state index is 12.7. The molecule has 112 valence electrons. The van der Waals surface area contributed by atoms with E-state index in [1.807, 2.05) is 6.07 Å². The van der Waals surface area contributed by atoms with Crippen molar-refractivity contribution in [2.24, 2.45) is 0 Å². The number of carbonyl (C=O) groups is 1. The largest absolute Gasteiger partial charge is 0.481 e. The van der Waals surface area contributed by atoms with Gasteiger partial charge in [0, 0.05) is 6.54 Å². The summed E-state index contributed by atoms with van der Waals surface area (Å²) in [5.41, 5.74) is 1.29. The van der Waals surface area contributed by atoms with E-state index in [1.54, 1.807) is 36.6 Å². The Bertz CT molecular complexity index is 723. The van der Waals surface area contributed by atoms with E-state index in [0.29, 0.717) is 5.69 Å². The van der Waals surface area contributed by atoms with Crippen molar-refractivity contribution in [2.45, 2.75) is 17.6 Å². The molecule has 0 atom stereocenters. The summed E-state index contributed by atoms with van der Waals surface area (Å²) in [5.74, 6) is -1.03. The molecule has 0 spiro atoms. The van der Waals surface area contributed by atoms with Crippen LogP contribution in [0.15, 0.2) is 46.0 Å². The molecule has 1 aromatic heterocycles. The molecule has 0 amide bonds. The Hall–Kier alpha value is -1.86. The minimum Gasteiger partial charge on any atom is -0.481 e. The zero-order chi connectivity index (χ0) is 15.5. The summed E-state index contributed by atoms with van der Waals surface area (Å²) < 4.78 is 26.8. The number of sulfonamides is 1. The summed E-state index contributed by atoms with van der Waals surface area (Å²) in [6.45, 7) is 1.70. The Balaban J connectivity index is 2.47. The molecule has 0 aliphatic carbocycles. The molecule has 2 aromatic rings. The number of thiophene rings is 1. The zero-order valence-corrected chi connectivity index (χ0v) is 13.0. The van der Waals surface area contributed by atoms with Gasteiger partial charge in [-0.15, -0.1) is 11.3 Å². The van der Waals surface area contributed by atoms with Crippen LogP contribution in [0.1, 0.15) is 12.0 Å². The Kier molecular flexibility index (Phi) is 4.64. The van der Waals surface area contributed by atoms with Crippen LogP contribution in [-0.4, -0.2) is 26.0 Å². The van der Waals surface area contributed by atoms with Crippen molar-refractivity contribution in [3.8, 4) is 0 Å². The quantitative estimate of drug-likeness (QED) is 0.886. The first-order valence-corrected chi connectivity index (χ1v) is 8.58. The molecular formula is C14H15NO4S2. The molecule has 1 N–H and O–H groups in total. The van der Waals surface area contributed by atoms with Crippen LogP contribution in [0.3, 0.4) is 0 Å². The number of carboxylic acids is 1. The van der Waals surface area contributed by atoms with Crippen LogP contribution in [0.4, 0.5) is 5.69 Å². The van der Waals surface area contributed by atoms with E-state index in [4.69, 9.17) is 5.11 Å². The second kappa shape index (κ2) is 6.28. The molecule has 1 heterocycles. The summed E-state index contributed by atoms with van der Waals surface area (Å²) in [6.07, 6.45) is -0.251. The van der Waals surface area contributed by atoms with Crippen molar-refractivity contribution >= 4 is 33.0 Å². The highest BCUT2D eigenvalue weighted by molar-refractivity contribution is 7.94. The van der Waals surface area contributed by atoms with Crippen molar-refractivity contribution in [3.63, 3.8) is 0 Å². The summed E-state index contributed by atoms with van der Waals surface area (Å²) in [6, 6.07) is 10.2. The molecule has 0 saturated heterocycles. The highest BCUT2D eigenvalue weighted by atomic mass is 32.2. The normalized spacial score (nSPS) is 11.3. The Morgan fingerprint density at radius 2 is 1.95 bits per heavy atom. The van der Waals surface area contributed by atoms with Crippen molar-refractivity contribution in [1.82, 2.24) is 0 Å². The first kappa shape index (κ1) is 15.5. The van der Waals surface area contributed by atoms with E-state index in [0.717, 1.165) is 16.9 Å². The predicted molar refractivity (Wildman–Crippen MR) is 82.3 cm³/mol. The lowest BCUT2D eigenvalue weighted by molar-refractivity contribution is -0.136. The molecule has 0 bridgehead atoms. The first-order valence-electron chi connectivity index (χ1n) is 6.26. The van der Waals surface area contributed by atoms with E-state index in [-0.39, 0.29) is 17.2 Å². The smallest absolute Gasteiger partial charge is 0.305 e. The molecule has 7 heteroatoms. The highest BCUT2D eigenvalue weighted by Crippen LogP contribution is 2.28. The predicted octanol–water partition coefficient (Wildman–Crippen LogP) is 2.73. The van der Waals surface area contributed by atoms with Gasteiger partial charge in [-0.25, -0.2) is 8.42 Å². The van der Waals surface area contributed by atoms with Crippen LogP contribution in [-0.2, 0) is 14.8 Å². The SMILES string of the molecule is Cc1ccccc1N(CCC(=O)O)S(=O)(=O)c1cccs1.